The summed E-state index contributed by atoms with van der Waals surface area (Å²) in [5.41, 5.74) is 1.54. The van der Waals surface area contributed by atoms with Crippen molar-refractivity contribution in [1.82, 2.24) is 9.97 Å². The van der Waals surface area contributed by atoms with Gasteiger partial charge >= 0.3 is 0 Å². The highest BCUT2D eigenvalue weighted by Gasteiger charge is 2.66. The molecule has 1 aliphatic heterocycles. The number of rotatable bonds is 3. The minimum absolute atomic E-state index is 0.409. The molecule has 0 aromatic carbocycles. The van der Waals surface area contributed by atoms with E-state index in [0.717, 1.165) is 30.4 Å². The molecule has 1 aromatic rings. The average molecular weight is 273 g/mol. The van der Waals surface area contributed by atoms with Gasteiger partial charge in [-0.3, -0.25) is 0 Å². The summed E-state index contributed by atoms with van der Waals surface area (Å²) in [4.78, 5) is 9.04. The summed E-state index contributed by atoms with van der Waals surface area (Å²) >= 11 is 0. The molecule has 2 aliphatic carbocycles. The first-order chi connectivity index (χ1) is 9.73. The summed E-state index contributed by atoms with van der Waals surface area (Å²) in [5, 5.41) is 3.73. The maximum absolute atomic E-state index is 5.97. The van der Waals surface area contributed by atoms with Gasteiger partial charge in [0.25, 0.3) is 0 Å². The zero-order valence-corrected chi connectivity index (χ0v) is 12.4. The van der Waals surface area contributed by atoms with Crippen LogP contribution in [0.5, 0.6) is 0 Å². The summed E-state index contributed by atoms with van der Waals surface area (Å²) in [7, 11) is 0. The third-order valence-corrected chi connectivity index (χ3v) is 5.59. The molecule has 1 aromatic heterocycles. The Hall–Kier alpha value is -1.16. The Balaban J connectivity index is 1.58. The highest BCUT2D eigenvalue weighted by atomic mass is 16.5. The van der Waals surface area contributed by atoms with E-state index in [-0.39, 0.29) is 0 Å². The van der Waals surface area contributed by atoms with E-state index in [2.05, 4.69) is 28.3 Å². The fourth-order valence-corrected chi connectivity index (χ4v) is 4.50. The number of fused-ring (bicyclic) bond motifs is 2. The molecule has 20 heavy (non-hydrogen) atoms. The number of nitrogens with zero attached hydrogens (tertiary/aromatic N) is 2. The van der Waals surface area contributed by atoms with Crippen molar-refractivity contribution < 1.29 is 4.74 Å². The van der Waals surface area contributed by atoms with Crippen LogP contribution in [0, 0.1) is 18.3 Å². The number of nitrogens with one attached hydrogen (secondary N) is 1. The summed E-state index contributed by atoms with van der Waals surface area (Å²) in [5.74, 6) is 2.57. The van der Waals surface area contributed by atoms with Gasteiger partial charge in [-0.1, -0.05) is 13.3 Å². The average Bonchev–Trinajstić information content (AvgIpc) is 2.79. The molecule has 108 valence electrons. The Morgan fingerprint density at radius 2 is 2.25 bits per heavy atom. The van der Waals surface area contributed by atoms with E-state index in [0.29, 0.717) is 23.5 Å². The van der Waals surface area contributed by atoms with E-state index in [9.17, 15) is 0 Å². The second-order valence-corrected chi connectivity index (χ2v) is 6.60. The second-order valence-electron chi connectivity index (χ2n) is 6.60. The highest BCUT2D eigenvalue weighted by Crippen LogP contribution is 2.63. The van der Waals surface area contributed by atoms with Gasteiger partial charge in [0.2, 0.25) is 0 Å². The number of anilines is 1. The molecule has 2 saturated carbocycles. The molecule has 0 bridgehead atoms. The summed E-state index contributed by atoms with van der Waals surface area (Å²) in [6, 6.07) is 2.67. The van der Waals surface area contributed by atoms with Crippen LogP contribution < -0.4 is 5.32 Å². The number of aryl methyl sites for hydroxylation is 2. The topological polar surface area (TPSA) is 47.0 Å². The van der Waals surface area contributed by atoms with Gasteiger partial charge in [0.15, 0.2) is 0 Å². The van der Waals surface area contributed by atoms with Crippen LogP contribution in [0.15, 0.2) is 6.07 Å². The first-order valence-electron chi connectivity index (χ1n) is 7.95. The molecule has 4 heteroatoms. The molecule has 3 atom stereocenters. The van der Waals surface area contributed by atoms with Crippen molar-refractivity contribution in [3.8, 4) is 0 Å². The zero-order chi connectivity index (χ0) is 13.7. The third kappa shape index (κ3) is 1.63. The normalized spacial score (nSPS) is 33.4. The number of aromatic nitrogens is 2. The minimum Gasteiger partial charge on any atom is -0.377 e. The lowest BCUT2D eigenvalue weighted by molar-refractivity contribution is -0.158. The van der Waals surface area contributed by atoms with Crippen molar-refractivity contribution in [2.75, 3.05) is 11.9 Å². The Labute approximate surface area is 120 Å². The van der Waals surface area contributed by atoms with Crippen molar-refractivity contribution in [1.29, 1.82) is 0 Å². The van der Waals surface area contributed by atoms with E-state index in [1.165, 1.54) is 25.7 Å². The molecule has 1 saturated heterocycles. The Bertz CT molecular complexity index is 526. The molecular formula is C16H23N3O. The molecule has 4 rings (SSSR count). The van der Waals surface area contributed by atoms with Crippen LogP contribution in [-0.4, -0.2) is 28.7 Å². The Morgan fingerprint density at radius 3 is 2.95 bits per heavy atom. The molecular weight excluding hydrogens is 250 g/mol. The van der Waals surface area contributed by atoms with Crippen molar-refractivity contribution in [3.05, 3.63) is 17.6 Å². The summed E-state index contributed by atoms with van der Waals surface area (Å²) < 4.78 is 5.97. The lowest BCUT2D eigenvalue weighted by atomic mass is 9.46. The first-order valence-corrected chi connectivity index (χ1v) is 7.95. The van der Waals surface area contributed by atoms with Crippen LogP contribution >= 0.6 is 0 Å². The largest absolute Gasteiger partial charge is 0.377 e. The Morgan fingerprint density at radius 1 is 1.40 bits per heavy atom. The monoisotopic (exact) mass is 273 g/mol. The van der Waals surface area contributed by atoms with E-state index < -0.39 is 0 Å². The van der Waals surface area contributed by atoms with Crippen LogP contribution in [-0.2, 0) is 11.2 Å². The smallest absolute Gasteiger partial charge is 0.130 e. The Kier molecular flexibility index (Phi) is 2.78. The van der Waals surface area contributed by atoms with Gasteiger partial charge in [-0.25, -0.2) is 9.97 Å². The molecule has 3 unspecified atom stereocenters. The number of hydrogen-bond acceptors (Lipinski definition) is 4. The molecule has 2 heterocycles. The van der Waals surface area contributed by atoms with E-state index in [1.807, 2.05) is 6.92 Å². The fraction of sp³-hybridized carbons (Fsp3) is 0.750. The van der Waals surface area contributed by atoms with Crippen LogP contribution in [0.1, 0.15) is 44.1 Å². The number of ether oxygens (including phenoxy) is 1. The number of hydrogen-bond donors (Lipinski definition) is 1. The molecule has 4 nitrogen and oxygen atoms in total. The van der Waals surface area contributed by atoms with Crippen LogP contribution in [0.3, 0.4) is 0 Å². The molecule has 3 fully saturated rings. The van der Waals surface area contributed by atoms with Crippen molar-refractivity contribution in [3.63, 3.8) is 0 Å². The quantitative estimate of drug-likeness (QED) is 0.920. The molecule has 0 amide bonds. The standard InChI is InChI=1S/C16H23N3O/c1-3-11-9-13(18-10(2)17-11)19-14-12-5-8-20-15(12)16(14)6-4-7-16/h9,12,14-15H,3-8H2,1-2H3,(H,17,18,19). The molecule has 3 aliphatic rings. The summed E-state index contributed by atoms with van der Waals surface area (Å²) in [6.45, 7) is 5.06. The summed E-state index contributed by atoms with van der Waals surface area (Å²) in [6.07, 6.45) is 6.67. The fourth-order valence-electron chi connectivity index (χ4n) is 4.50. The van der Waals surface area contributed by atoms with Crippen LogP contribution in [0.4, 0.5) is 5.82 Å². The van der Waals surface area contributed by atoms with Crippen molar-refractivity contribution in [2.24, 2.45) is 11.3 Å². The van der Waals surface area contributed by atoms with Gasteiger partial charge in [-0.05, 0) is 32.6 Å². The van der Waals surface area contributed by atoms with E-state index in [4.69, 9.17) is 4.74 Å². The second kappa shape index (κ2) is 4.42. The van der Waals surface area contributed by atoms with Gasteiger partial charge < -0.3 is 10.1 Å². The zero-order valence-electron chi connectivity index (χ0n) is 12.4. The molecule has 1 N–H and O–H groups in total. The van der Waals surface area contributed by atoms with Crippen LogP contribution in [0.2, 0.25) is 0 Å². The van der Waals surface area contributed by atoms with Crippen LogP contribution in [0.25, 0.3) is 0 Å². The lowest BCUT2D eigenvalue weighted by Crippen LogP contribution is -2.68. The van der Waals surface area contributed by atoms with Crippen molar-refractivity contribution >= 4 is 5.82 Å². The maximum Gasteiger partial charge on any atom is 0.130 e. The van der Waals surface area contributed by atoms with Gasteiger partial charge in [0, 0.05) is 35.7 Å². The predicted molar refractivity (Wildman–Crippen MR) is 77.7 cm³/mol. The van der Waals surface area contributed by atoms with Crippen molar-refractivity contribution in [2.45, 2.75) is 58.1 Å². The maximum atomic E-state index is 5.97. The minimum atomic E-state index is 0.409. The molecule has 0 radical (unpaired) electrons. The van der Waals surface area contributed by atoms with Gasteiger partial charge in [0.1, 0.15) is 11.6 Å². The van der Waals surface area contributed by atoms with E-state index >= 15 is 0 Å². The van der Waals surface area contributed by atoms with Gasteiger partial charge in [-0.2, -0.15) is 0 Å². The lowest BCUT2D eigenvalue weighted by Gasteiger charge is -2.63. The van der Waals surface area contributed by atoms with E-state index in [1.54, 1.807) is 0 Å². The predicted octanol–water partition coefficient (Wildman–Crippen LogP) is 2.72. The van der Waals surface area contributed by atoms with Gasteiger partial charge in [-0.15, -0.1) is 0 Å². The SMILES string of the molecule is CCc1cc(NC2C3CCOC3C23CCC3)nc(C)n1. The molecule has 1 spiro atoms. The first kappa shape index (κ1) is 12.6. The highest BCUT2D eigenvalue weighted by molar-refractivity contribution is 5.41. The third-order valence-electron chi connectivity index (χ3n) is 5.59. The van der Waals surface area contributed by atoms with Gasteiger partial charge in [0.05, 0.1) is 6.10 Å².